The van der Waals surface area contributed by atoms with Gasteiger partial charge in [-0.2, -0.15) is 5.10 Å². The van der Waals surface area contributed by atoms with Gasteiger partial charge in [0.2, 0.25) is 0 Å². The second-order valence-corrected chi connectivity index (χ2v) is 4.52. The number of nitrogens with zero attached hydrogens (tertiary/aromatic N) is 2. The third-order valence-electron chi connectivity index (χ3n) is 3.09. The Kier molecular flexibility index (Phi) is 4.47. The van der Waals surface area contributed by atoms with Crippen molar-refractivity contribution in [2.24, 2.45) is 0 Å². The third kappa shape index (κ3) is 2.85. The first-order chi connectivity index (χ1) is 9.65. The second kappa shape index (κ2) is 6.29. The number of aromatic nitrogens is 2. The monoisotopic (exact) mass is 275 g/mol. The van der Waals surface area contributed by atoms with Crippen molar-refractivity contribution in [2.75, 3.05) is 27.3 Å². The minimum atomic E-state index is -0.292. The molecule has 1 aromatic heterocycles. The van der Waals surface area contributed by atoms with E-state index in [9.17, 15) is 9.59 Å². The highest BCUT2D eigenvalue weighted by Gasteiger charge is 2.17. The molecule has 2 aromatic rings. The molecule has 0 bridgehead atoms. The summed E-state index contributed by atoms with van der Waals surface area (Å²) in [4.78, 5) is 25.6. The Bertz CT molecular complexity index is 666. The summed E-state index contributed by atoms with van der Waals surface area (Å²) in [5.74, 6) is -0.214. The summed E-state index contributed by atoms with van der Waals surface area (Å²) >= 11 is 0. The lowest BCUT2D eigenvalue weighted by atomic mass is 10.1. The number of hydrogen-bond acceptors (Lipinski definition) is 4. The van der Waals surface area contributed by atoms with Gasteiger partial charge in [0.15, 0.2) is 5.69 Å². The summed E-state index contributed by atoms with van der Waals surface area (Å²) in [5.41, 5.74) is -0.0284. The molecule has 0 saturated carbocycles. The van der Waals surface area contributed by atoms with Crippen molar-refractivity contribution in [3.05, 3.63) is 40.3 Å². The Morgan fingerprint density at radius 2 is 2.05 bits per heavy atom. The number of carbonyl (C=O) groups excluding carboxylic acids is 1. The molecule has 106 valence electrons. The molecule has 6 heteroatoms. The van der Waals surface area contributed by atoms with E-state index in [-0.39, 0.29) is 17.2 Å². The van der Waals surface area contributed by atoms with Gasteiger partial charge in [-0.15, -0.1) is 0 Å². The molecule has 0 radical (unpaired) electrons. The van der Waals surface area contributed by atoms with Crippen LogP contribution in [-0.2, 0) is 4.74 Å². The van der Waals surface area contributed by atoms with Crippen LogP contribution < -0.4 is 5.56 Å². The van der Waals surface area contributed by atoms with E-state index < -0.39 is 0 Å². The Balaban J connectivity index is 2.31. The Labute approximate surface area is 116 Å². The molecular formula is C14H17N3O3. The topological polar surface area (TPSA) is 75.3 Å². The lowest BCUT2D eigenvalue weighted by Crippen LogP contribution is -2.30. The molecule has 0 aliphatic rings. The Morgan fingerprint density at radius 3 is 2.75 bits per heavy atom. The van der Waals surface area contributed by atoms with Crippen LogP contribution in [0.2, 0.25) is 0 Å². The van der Waals surface area contributed by atoms with Gasteiger partial charge < -0.3 is 9.64 Å². The van der Waals surface area contributed by atoms with Crippen molar-refractivity contribution in [3.63, 3.8) is 0 Å². The molecule has 6 nitrogen and oxygen atoms in total. The van der Waals surface area contributed by atoms with Crippen LogP contribution in [0.1, 0.15) is 16.9 Å². The van der Waals surface area contributed by atoms with Crippen molar-refractivity contribution in [1.29, 1.82) is 0 Å². The molecule has 0 unspecified atom stereocenters. The van der Waals surface area contributed by atoms with Crippen molar-refractivity contribution in [1.82, 2.24) is 15.1 Å². The average molecular weight is 275 g/mol. The van der Waals surface area contributed by atoms with Crippen molar-refractivity contribution >= 4 is 16.7 Å². The molecule has 1 heterocycles. The van der Waals surface area contributed by atoms with E-state index in [1.54, 1.807) is 43.3 Å². The normalized spacial score (nSPS) is 10.7. The van der Waals surface area contributed by atoms with Gasteiger partial charge in [-0.05, 0) is 12.5 Å². The number of fused-ring (bicyclic) bond motifs is 1. The van der Waals surface area contributed by atoms with Gasteiger partial charge in [0.05, 0.1) is 5.39 Å². The highest BCUT2D eigenvalue weighted by molar-refractivity contribution is 6.04. The minimum absolute atomic E-state index is 0.214. The van der Waals surface area contributed by atoms with Crippen LogP contribution in [0.25, 0.3) is 10.8 Å². The third-order valence-corrected chi connectivity index (χ3v) is 3.09. The van der Waals surface area contributed by atoms with E-state index in [1.165, 1.54) is 0 Å². The van der Waals surface area contributed by atoms with E-state index >= 15 is 0 Å². The van der Waals surface area contributed by atoms with Gasteiger partial charge in [-0.1, -0.05) is 18.2 Å². The lowest BCUT2D eigenvalue weighted by molar-refractivity contribution is 0.0774. The summed E-state index contributed by atoms with van der Waals surface area (Å²) in [6.45, 7) is 1.17. The van der Waals surface area contributed by atoms with Crippen LogP contribution in [0.4, 0.5) is 0 Å². The van der Waals surface area contributed by atoms with Crippen LogP contribution in [0, 0.1) is 0 Å². The molecule has 20 heavy (non-hydrogen) atoms. The molecule has 0 spiro atoms. The number of benzene rings is 1. The molecule has 1 amide bonds. The van der Waals surface area contributed by atoms with Crippen LogP contribution in [0.3, 0.4) is 0 Å². The van der Waals surface area contributed by atoms with Gasteiger partial charge in [-0.3, -0.25) is 9.59 Å². The molecule has 1 N–H and O–H groups in total. The number of hydrogen-bond donors (Lipinski definition) is 1. The van der Waals surface area contributed by atoms with E-state index in [1.807, 2.05) is 0 Å². The first-order valence-electron chi connectivity index (χ1n) is 6.37. The lowest BCUT2D eigenvalue weighted by Gasteiger charge is -2.16. The Hall–Kier alpha value is -2.21. The van der Waals surface area contributed by atoms with Crippen molar-refractivity contribution in [3.8, 4) is 0 Å². The highest BCUT2D eigenvalue weighted by atomic mass is 16.5. The zero-order valence-corrected chi connectivity index (χ0v) is 11.5. The summed E-state index contributed by atoms with van der Waals surface area (Å²) in [6.07, 6.45) is 0.750. The molecule has 0 saturated heterocycles. The number of amides is 1. The molecule has 0 aliphatic heterocycles. The predicted molar refractivity (Wildman–Crippen MR) is 75.8 cm³/mol. The average Bonchev–Trinajstić information content (AvgIpc) is 2.47. The van der Waals surface area contributed by atoms with Crippen LogP contribution in [0.15, 0.2) is 29.1 Å². The standard InChI is InChI=1S/C14H17N3O3/c1-17(8-5-9-20-2)14(19)12-10-6-3-4-7-11(10)13(18)16-15-12/h3-4,6-7H,5,8-9H2,1-2H3,(H,16,18). The van der Waals surface area contributed by atoms with E-state index in [4.69, 9.17) is 4.74 Å². The van der Waals surface area contributed by atoms with Gasteiger partial charge in [0, 0.05) is 32.7 Å². The molecule has 0 fully saturated rings. The van der Waals surface area contributed by atoms with Crippen LogP contribution >= 0.6 is 0 Å². The largest absolute Gasteiger partial charge is 0.385 e. The minimum Gasteiger partial charge on any atom is -0.385 e. The van der Waals surface area contributed by atoms with E-state index in [0.717, 1.165) is 6.42 Å². The zero-order valence-electron chi connectivity index (χ0n) is 11.5. The van der Waals surface area contributed by atoms with Crippen LogP contribution in [-0.4, -0.2) is 48.3 Å². The Morgan fingerprint density at radius 1 is 1.35 bits per heavy atom. The summed E-state index contributed by atoms with van der Waals surface area (Å²) in [5, 5.41) is 7.30. The molecular weight excluding hydrogens is 258 g/mol. The number of methoxy groups -OCH3 is 1. The molecule has 0 aliphatic carbocycles. The number of H-pyrrole nitrogens is 1. The summed E-state index contributed by atoms with van der Waals surface area (Å²) in [7, 11) is 3.33. The maximum absolute atomic E-state index is 12.4. The molecule has 0 atom stereocenters. The number of nitrogens with one attached hydrogen (secondary N) is 1. The second-order valence-electron chi connectivity index (χ2n) is 4.52. The summed E-state index contributed by atoms with van der Waals surface area (Å²) in [6, 6.07) is 6.95. The predicted octanol–water partition coefficient (Wildman–Crippen LogP) is 1.03. The van der Waals surface area contributed by atoms with E-state index in [2.05, 4.69) is 10.2 Å². The first kappa shape index (κ1) is 14.2. The fraction of sp³-hybridized carbons (Fsp3) is 0.357. The van der Waals surface area contributed by atoms with Gasteiger partial charge in [-0.25, -0.2) is 5.10 Å². The fourth-order valence-electron chi connectivity index (χ4n) is 2.01. The number of rotatable bonds is 5. The number of carbonyl (C=O) groups is 1. The number of aromatic amines is 1. The smallest absolute Gasteiger partial charge is 0.274 e. The maximum Gasteiger partial charge on any atom is 0.274 e. The quantitative estimate of drug-likeness (QED) is 0.827. The van der Waals surface area contributed by atoms with Crippen molar-refractivity contribution < 1.29 is 9.53 Å². The number of ether oxygens (including phenoxy) is 1. The maximum atomic E-state index is 12.4. The highest BCUT2D eigenvalue weighted by Crippen LogP contribution is 2.13. The first-order valence-corrected chi connectivity index (χ1v) is 6.37. The van der Waals surface area contributed by atoms with Gasteiger partial charge in [0.1, 0.15) is 0 Å². The van der Waals surface area contributed by atoms with Gasteiger partial charge >= 0.3 is 0 Å². The molecule has 2 rings (SSSR count). The van der Waals surface area contributed by atoms with Gasteiger partial charge in [0.25, 0.3) is 11.5 Å². The van der Waals surface area contributed by atoms with E-state index in [0.29, 0.717) is 23.9 Å². The fourth-order valence-corrected chi connectivity index (χ4v) is 2.01. The van der Waals surface area contributed by atoms with Crippen LogP contribution in [0.5, 0.6) is 0 Å². The van der Waals surface area contributed by atoms with Crippen molar-refractivity contribution in [2.45, 2.75) is 6.42 Å². The SMILES string of the molecule is COCCCN(C)C(=O)c1n[nH]c(=O)c2ccccc12. The summed E-state index contributed by atoms with van der Waals surface area (Å²) < 4.78 is 4.96. The molecule has 1 aromatic carbocycles. The zero-order chi connectivity index (χ0) is 14.5.